The van der Waals surface area contributed by atoms with Crippen molar-refractivity contribution >= 4 is 72.4 Å². The van der Waals surface area contributed by atoms with Crippen LogP contribution in [-0.2, 0) is 17.9 Å². The largest absolute Gasteiger partial charge is 0.488 e. The Bertz CT molecular complexity index is 1230. The van der Waals surface area contributed by atoms with E-state index in [0.29, 0.717) is 21.2 Å². The number of ether oxygens (including phenoxy) is 1. The summed E-state index contributed by atoms with van der Waals surface area (Å²) < 4.78 is 7.68. The number of carbonyl (C=O) groups is 2. The van der Waals surface area contributed by atoms with E-state index in [-0.39, 0.29) is 24.3 Å². The zero-order valence-electron chi connectivity index (χ0n) is 16.6. The predicted molar refractivity (Wildman–Crippen MR) is 136 cm³/mol. The van der Waals surface area contributed by atoms with Crippen molar-refractivity contribution in [1.82, 2.24) is 4.90 Å². The molecule has 0 N–H and O–H groups in total. The first-order chi connectivity index (χ1) is 15.4. The number of imide groups is 1. The van der Waals surface area contributed by atoms with Crippen LogP contribution >= 0.6 is 55.2 Å². The van der Waals surface area contributed by atoms with Gasteiger partial charge in [-0.05, 0) is 53.7 Å². The molecule has 4 rings (SSSR count). The molecule has 0 spiro atoms. The molecule has 0 bridgehead atoms. The van der Waals surface area contributed by atoms with E-state index in [1.54, 1.807) is 6.08 Å². The van der Waals surface area contributed by atoms with E-state index < -0.39 is 0 Å². The van der Waals surface area contributed by atoms with E-state index >= 15 is 0 Å². The summed E-state index contributed by atoms with van der Waals surface area (Å²) in [4.78, 5) is 27.1. The maximum atomic E-state index is 13.0. The van der Waals surface area contributed by atoms with Gasteiger partial charge < -0.3 is 4.74 Å². The maximum Gasteiger partial charge on any atom is 0.293 e. The highest BCUT2D eigenvalue weighted by Gasteiger charge is 2.35. The van der Waals surface area contributed by atoms with Gasteiger partial charge in [0, 0.05) is 25.1 Å². The topological polar surface area (TPSA) is 46.6 Å². The van der Waals surface area contributed by atoms with Gasteiger partial charge in [0.15, 0.2) is 0 Å². The minimum absolute atomic E-state index is 0.206. The summed E-state index contributed by atoms with van der Waals surface area (Å²) in [6, 6.07) is 20.5. The molecule has 2 amide bonds. The molecule has 0 saturated carbocycles. The molecule has 162 valence electrons. The van der Waals surface area contributed by atoms with E-state index in [9.17, 15) is 9.59 Å². The molecule has 1 saturated heterocycles. The van der Waals surface area contributed by atoms with Crippen molar-refractivity contribution in [3.8, 4) is 5.75 Å². The van der Waals surface area contributed by atoms with Gasteiger partial charge in [-0.3, -0.25) is 14.5 Å². The second-order valence-corrected chi connectivity index (χ2v) is 10.1. The summed E-state index contributed by atoms with van der Waals surface area (Å²) >= 11 is 14.1. The molecule has 8 heteroatoms. The zero-order chi connectivity index (χ0) is 22.7. The van der Waals surface area contributed by atoms with Crippen molar-refractivity contribution in [1.29, 1.82) is 0 Å². The first kappa shape index (κ1) is 23.1. The molecule has 32 heavy (non-hydrogen) atoms. The van der Waals surface area contributed by atoms with Gasteiger partial charge in [-0.25, -0.2) is 0 Å². The Hall–Kier alpha value is -2.06. The average Bonchev–Trinajstić information content (AvgIpc) is 3.03. The summed E-state index contributed by atoms with van der Waals surface area (Å²) in [5.74, 6) is 0.263. The van der Waals surface area contributed by atoms with Crippen molar-refractivity contribution < 1.29 is 14.3 Å². The molecule has 1 aliphatic rings. The van der Waals surface area contributed by atoms with E-state index in [2.05, 4.69) is 31.9 Å². The molecule has 0 radical (unpaired) electrons. The van der Waals surface area contributed by atoms with Crippen LogP contribution in [-0.4, -0.2) is 16.0 Å². The molecular formula is C24H16Br2ClNO3S. The van der Waals surface area contributed by atoms with Crippen molar-refractivity contribution in [3.63, 3.8) is 0 Å². The third kappa shape index (κ3) is 5.29. The number of thioether (sulfide) groups is 1. The number of halogens is 3. The molecule has 3 aromatic rings. The normalized spacial score (nSPS) is 15.0. The van der Waals surface area contributed by atoms with Gasteiger partial charge in [-0.1, -0.05) is 79.9 Å². The Kier molecular flexibility index (Phi) is 7.40. The lowest BCUT2D eigenvalue weighted by Gasteiger charge is -2.13. The van der Waals surface area contributed by atoms with Crippen molar-refractivity contribution in [2.24, 2.45) is 0 Å². The molecule has 0 atom stereocenters. The van der Waals surface area contributed by atoms with E-state index in [1.165, 1.54) is 4.90 Å². The minimum atomic E-state index is -0.326. The quantitative estimate of drug-likeness (QED) is 0.275. The minimum Gasteiger partial charge on any atom is -0.488 e. The van der Waals surface area contributed by atoms with Gasteiger partial charge in [0.05, 0.1) is 11.4 Å². The number of nitrogens with zero attached hydrogens (tertiary/aromatic N) is 1. The number of benzene rings is 3. The van der Waals surface area contributed by atoms with E-state index in [1.807, 2.05) is 66.7 Å². The Morgan fingerprint density at radius 3 is 2.44 bits per heavy atom. The molecule has 3 aromatic carbocycles. The lowest BCUT2D eigenvalue weighted by molar-refractivity contribution is -0.123. The number of amides is 2. The van der Waals surface area contributed by atoms with Gasteiger partial charge in [0.2, 0.25) is 0 Å². The molecule has 0 aromatic heterocycles. The van der Waals surface area contributed by atoms with Gasteiger partial charge in [-0.2, -0.15) is 0 Å². The monoisotopic (exact) mass is 591 g/mol. The Balaban J connectivity index is 1.57. The fraction of sp³-hybridized carbons (Fsp3) is 0.0833. The summed E-state index contributed by atoms with van der Waals surface area (Å²) in [5.41, 5.74) is 2.41. The Labute approximate surface area is 211 Å². The van der Waals surface area contributed by atoms with Crippen LogP contribution < -0.4 is 4.74 Å². The first-order valence-electron chi connectivity index (χ1n) is 9.57. The second kappa shape index (κ2) is 10.3. The summed E-state index contributed by atoms with van der Waals surface area (Å²) in [7, 11) is 0. The molecule has 1 fully saturated rings. The predicted octanol–water partition coefficient (Wildman–Crippen LogP) is 7.68. The van der Waals surface area contributed by atoms with Gasteiger partial charge >= 0.3 is 0 Å². The fourth-order valence-corrected chi connectivity index (χ4v) is 4.92. The highest BCUT2D eigenvalue weighted by atomic mass is 79.9. The van der Waals surface area contributed by atoms with Crippen LogP contribution in [0.15, 0.2) is 80.6 Å². The SMILES string of the molecule is O=C1S/C(=C\c2cc(Br)ccc2OCc2ccccc2Cl)C(=O)N1Cc1ccccc1Br. The number of carbonyl (C=O) groups excluding carboxylic acids is 2. The highest BCUT2D eigenvalue weighted by molar-refractivity contribution is 9.10. The lowest BCUT2D eigenvalue weighted by Crippen LogP contribution is -2.27. The van der Waals surface area contributed by atoms with Gasteiger partial charge in [0.25, 0.3) is 11.1 Å². The molecule has 1 aliphatic heterocycles. The van der Waals surface area contributed by atoms with Crippen molar-refractivity contribution in [2.45, 2.75) is 13.2 Å². The van der Waals surface area contributed by atoms with Gasteiger partial charge in [0.1, 0.15) is 12.4 Å². The molecule has 4 nitrogen and oxygen atoms in total. The third-order valence-corrected chi connectivity index (χ3v) is 7.30. The number of hydrogen-bond donors (Lipinski definition) is 0. The van der Waals surface area contributed by atoms with Crippen LogP contribution in [0, 0.1) is 0 Å². The van der Waals surface area contributed by atoms with Gasteiger partial charge in [-0.15, -0.1) is 0 Å². The standard InChI is InChI=1S/C24H16Br2ClNO3S/c25-18-9-10-21(31-14-16-6-2-4-8-20(16)27)17(11-18)12-22-23(29)28(24(30)32-22)13-15-5-1-3-7-19(15)26/h1-12H,13-14H2/b22-12-. The van der Waals surface area contributed by atoms with Crippen molar-refractivity contribution in [2.75, 3.05) is 0 Å². The zero-order valence-corrected chi connectivity index (χ0v) is 21.3. The fourth-order valence-electron chi connectivity index (χ4n) is 3.11. The number of hydrogen-bond acceptors (Lipinski definition) is 4. The number of rotatable bonds is 6. The highest BCUT2D eigenvalue weighted by Crippen LogP contribution is 2.36. The molecule has 0 unspecified atom stereocenters. The van der Waals surface area contributed by atoms with Crippen LogP contribution in [0.5, 0.6) is 5.75 Å². The molecule has 0 aliphatic carbocycles. The van der Waals surface area contributed by atoms with Crippen LogP contribution in [0.4, 0.5) is 4.79 Å². The Morgan fingerprint density at radius 2 is 1.69 bits per heavy atom. The van der Waals surface area contributed by atoms with Crippen LogP contribution in [0.2, 0.25) is 5.02 Å². The van der Waals surface area contributed by atoms with Crippen LogP contribution in [0.25, 0.3) is 6.08 Å². The molecular weight excluding hydrogens is 578 g/mol. The summed E-state index contributed by atoms with van der Waals surface area (Å²) in [6.07, 6.45) is 1.69. The first-order valence-corrected chi connectivity index (χ1v) is 12.3. The smallest absolute Gasteiger partial charge is 0.293 e. The second-order valence-electron chi connectivity index (χ2n) is 6.92. The van der Waals surface area contributed by atoms with Crippen molar-refractivity contribution in [3.05, 3.63) is 102 Å². The van der Waals surface area contributed by atoms with Crippen LogP contribution in [0.1, 0.15) is 16.7 Å². The van der Waals surface area contributed by atoms with Crippen LogP contribution in [0.3, 0.4) is 0 Å². The summed E-state index contributed by atoms with van der Waals surface area (Å²) in [6.45, 7) is 0.490. The van der Waals surface area contributed by atoms with E-state index in [0.717, 1.165) is 31.8 Å². The molecule has 1 heterocycles. The van der Waals surface area contributed by atoms with E-state index in [4.69, 9.17) is 16.3 Å². The summed E-state index contributed by atoms with van der Waals surface area (Å²) in [5, 5.41) is 0.324. The lowest BCUT2D eigenvalue weighted by atomic mass is 10.1. The maximum absolute atomic E-state index is 13.0. The Morgan fingerprint density at radius 1 is 0.969 bits per heavy atom. The average molecular weight is 594 g/mol. The third-order valence-electron chi connectivity index (χ3n) is 4.76.